The number of rotatable bonds is 3. The highest BCUT2D eigenvalue weighted by Gasteiger charge is 2.28. The molecule has 0 aliphatic rings. The van der Waals surface area contributed by atoms with Gasteiger partial charge in [-0.1, -0.05) is 18.2 Å². The van der Waals surface area contributed by atoms with Gasteiger partial charge in [0.25, 0.3) is 0 Å². The second-order valence-corrected chi connectivity index (χ2v) is 4.73. The SMILES string of the molecule is COC(C)(C)C(N)c1cccc2ccncc12. The van der Waals surface area contributed by atoms with Gasteiger partial charge in [0.1, 0.15) is 0 Å². The van der Waals surface area contributed by atoms with E-state index in [0.29, 0.717) is 0 Å². The van der Waals surface area contributed by atoms with Crippen molar-refractivity contribution in [2.75, 3.05) is 7.11 Å². The van der Waals surface area contributed by atoms with Crippen LogP contribution < -0.4 is 5.73 Å². The normalized spacial score (nSPS) is 13.9. The van der Waals surface area contributed by atoms with Gasteiger partial charge in [-0.05, 0) is 30.9 Å². The molecule has 3 heteroatoms. The quantitative estimate of drug-likeness (QED) is 0.881. The fourth-order valence-electron chi connectivity index (χ4n) is 1.91. The first-order valence-electron chi connectivity index (χ1n) is 5.69. The van der Waals surface area contributed by atoms with Crippen molar-refractivity contribution in [3.8, 4) is 0 Å². The van der Waals surface area contributed by atoms with Crippen molar-refractivity contribution in [1.29, 1.82) is 0 Å². The minimum Gasteiger partial charge on any atom is -0.377 e. The topological polar surface area (TPSA) is 48.1 Å². The third-order valence-electron chi connectivity index (χ3n) is 3.33. The summed E-state index contributed by atoms with van der Waals surface area (Å²) >= 11 is 0. The smallest absolute Gasteiger partial charge is 0.0814 e. The van der Waals surface area contributed by atoms with E-state index >= 15 is 0 Å². The maximum atomic E-state index is 6.30. The molecule has 90 valence electrons. The van der Waals surface area contributed by atoms with Crippen LogP contribution in [0, 0.1) is 0 Å². The standard InChI is InChI=1S/C14H18N2O/c1-14(2,17-3)13(15)11-6-4-5-10-7-8-16-9-12(10)11/h4-9,13H,15H2,1-3H3. The van der Waals surface area contributed by atoms with Crippen molar-refractivity contribution >= 4 is 10.8 Å². The number of hydrogen-bond donors (Lipinski definition) is 1. The van der Waals surface area contributed by atoms with Gasteiger partial charge in [0.2, 0.25) is 0 Å². The molecular formula is C14H18N2O. The number of pyridine rings is 1. The Morgan fingerprint density at radius 2 is 2.06 bits per heavy atom. The second-order valence-electron chi connectivity index (χ2n) is 4.73. The van der Waals surface area contributed by atoms with Crippen LogP contribution in [0.25, 0.3) is 10.8 Å². The number of fused-ring (bicyclic) bond motifs is 1. The van der Waals surface area contributed by atoms with Gasteiger partial charge in [0.05, 0.1) is 11.6 Å². The zero-order valence-corrected chi connectivity index (χ0v) is 10.5. The molecule has 2 rings (SSSR count). The third kappa shape index (κ3) is 2.16. The molecule has 1 unspecified atom stereocenters. The summed E-state index contributed by atoms with van der Waals surface area (Å²) in [4.78, 5) is 4.17. The molecule has 17 heavy (non-hydrogen) atoms. The molecule has 0 saturated heterocycles. The molecule has 0 spiro atoms. The summed E-state index contributed by atoms with van der Waals surface area (Å²) in [6.45, 7) is 3.99. The Morgan fingerprint density at radius 3 is 2.76 bits per heavy atom. The number of ether oxygens (including phenoxy) is 1. The summed E-state index contributed by atoms with van der Waals surface area (Å²) in [5.74, 6) is 0. The minimum atomic E-state index is -0.399. The zero-order chi connectivity index (χ0) is 12.5. The van der Waals surface area contributed by atoms with E-state index in [1.165, 1.54) is 0 Å². The summed E-state index contributed by atoms with van der Waals surface area (Å²) in [7, 11) is 1.68. The van der Waals surface area contributed by atoms with Crippen LogP contribution in [-0.4, -0.2) is 17.7 Å². The van der Waals surface area contributed by atoms with Crippen molar-refractivity contribution in [2.24, 2.45) is 5.73 Å². The number of nitrogens with two attached hydrogens (primary N) is 1. The third-order valence-corrected chi connectivity index (χ3v) is 3.33. The number of aromatic nitrogens is 1. The van der Waals surface area contributed by atoms with Crippen LogP contribution in [0.5, 0.6) is 0 Å². The lowest BCUT2D eigenvalue weighted by Gasteiger charge is -2.31. The van der Waals surface area contributed by atoms with Gasteiger partial charge >= 0.3 is 0 Å². The Labute approximate surface area is 102 Å². The minimum absolute atomic E-state index is 0.180. The van der Waals surface area contributed by atoms with E-state index in [9.17, 15) is 0 Å². The summed E-state index contributed by atoms with van der Waals surface area (Å²) in [5, 5.41) is 2.24. The molecule has 2 aromatic rings. The highest BCUT2D eigenvalue weighted by atomic mass is 16.5. The Morgan fingerprint density at radius 1 is 1.29 bits per heavy atom. The molecule has 0 aliphatic heterocycles. The number of methoxy groups -OCH3 is 1. The van der Waals surface area contributed by atoms with Crippen LogP contribution in [0.15, 0.2) is 36.7 Å². The van der Waals surface area contributed by atoms with E-state index in [1.54, 1.807) is 13.3 Å². The van der Waals surface area contributed by atoms with Crippen LogP contribution in [0.3, 0.4) is 0 Å². The van der Waals surface area contributed by atoms with Crippen LogP contribution in [0.4, 0.5) is 0 Å². The van der Waals surface area contributed by atoms with Crippen molar-refractivity contribution in [3.63, 3.8) is 0 Å². The van der Waals surface area contributed by atoms with Gasteiger partial charge in [-0.2, -0.15) is 0 Å². The second kappa shape index (κ2) is 4.43. The predicted octanol–water partition coefficient (Wildman–Crippen LogP) is 2.66. The van der Waals surface area contributed by atoms with Crippen LogP contribution >= 0.6 is 0 Å². The largest absolute Gasteiger partial charge is 0.377 e. The highest BCUT2D eigenvalue weighted by Crippen LogP contribution is 2.30. The molecule has 0 amide bonds. The fraction of sp³-hybridized carbons (Fsp3) is 0.357. The summed E-state index contributed by atoms with van der Waals surface area (Å²) in [6, 6.07) is 7.93. The lowest BCUT2D eigenvalue weighted by molar-refractivity contribution is 0.000324. The lowest BCUT2D eigenvalue weighted by Crippen LogP contribution is -2.37. The molecule has 0 fully saturated rings. The molecule has 0 aliphatic carbocycles. The molecule has 0 saturated carbocycles. The molecule has 2 N–H and O–H groups in total. The van der Waals surface area contributed by atoms with Gasteiger partial charge in [-0.3, -0.25) is 4.98 Å². The molecule has 3 nitrogen and oxygen atoms in total. The van der Waals surface area contributed by atoms with Crippen LogP contribution in [0.2, 0.25) is 0 Å². The monoisotopic (exact) mass is 230 g/mol. The van der Waals surface area contributed by atoms with E-state index in [-0.39, 0.29) is 6.04 Å². The average Bonchev–Trinajstić information content (AvgIpc) is 2.37. The lowest BCUT2D eigenvalue weighted by atomic mass is 9.90. The zero-order valence-electron chi connectivity index (χ0n) is 10.5. The van der Waals surface area contributed by atoms with E-state index in [4.69, 9.17) is 10.5 Å². The van der Waals surface area contributed by atoms with Crippen molar-refractivity contribution < 1.29 is 4.74 Å². The van der Waals surface area contributed by atoms with Gasteiger partial charge in [-0.25, -0.2) is 0 Å². The van der Waals surface area contributed by atoms with Crippen LogP contribution in [-0.2, 0) is 4.74 Å². The molecule has 1 atom stereocenters. The number of hydrogen-bond acceptors (Lipinski definition) is 3. The molecule has 1 aromatic carbocycles. The number of benzene rings is 1. The van der Waals surface area contributed by atoms with Gasteiger partial charge in [0, 0.05) is 24.9 Å². The molecule has 1 aromatic heterocycles. The van der Waals surface area contributed by atoms with Crippen molar-refractivity contribution in [2.45, 2.75) is 25.5 Å². The maximum absolute atomic E-state index is 6.30. The van der Waals surface area contributed by atoms with Crippen molar-refractivity contribution in [3.05, 3.63) is 42.2 Å². The number of nitrogens with zero attached hydrogens (tertiary/aromatic N) is 1. The maximum Gasteiger partial charge on any atom is 0.0814 e. The first-order valence-corrected chi connectivity index (χ1v) is 5.69. The summed E-state index contributed by atoms with van der Waals surface area (Å²) in [6.07, 6.45) is 3.65. The van der Waals surface area contributed by atoms with Crippen LogP contribution in [0.1, 0.15) is 25.5 Å². The summed E-state index contributed by atoms with van der Waals surface area (Å²) in [5.41, 5.74) is 6.97. The van der Waals surface area contributed by atoms with Gasteiger partial charge < -0.3 is 10.5 Å². The molecule has 1 heterocycles. The fourth-order valence-corrected chi connectivity index (χ4v) is 1.91. The van der Waals surface area contributed by atoms with E-state index in [1.807, 2.05) is 38.2 Å². The molecule has 0 radical (unpaired) electrons. The van der Waals surface area contributed by atoms with Gasteiger partial charge in [-0.15, -0.1) is 0 Å². The Balaban J connectivity index is 2.56. The van der Waals surface area contributed by atoms with E-state index < -0.39 is 5.60 Å². The van der Waals surface area contributed by atoms with Gasteiger partial charge in [0.15, 0.2) is 0 Å². The highest BCUT2D eigenvalue weighted by molar-refractivity contribution is 5.85. The Bertz CT molecular complexity index is 517. The Hall–Kier alpha value is -1.45. The Kier molecular flexibility index (Phi) is 3.13. The average molecular weight is 230 g/mol. The summed E-state index contributed by atoms with van der Waals surface area (Å²) < 4.78 is 5.46. The molecular weight excluding hydrogens is 212 g/mol. The first-order chi connectivity index (χ1) is 8.06. The van der Waals surface area contributed by atoms with Crippen molar-refractivity contribution in [1.82, 2.24) is 4.98 Å². The predicted molar refractivity (Wildman–Crippen MR) is 69.8 cm³/mol. The van der Waals surface area contributed by atoms with E-state index in [0.717, 1.165) is 16.3 Å². The van der Waals surface area contributed by atoms with E-state index in [2.05, 4.69) is 11.1 Å². The molecule has 0 bridgehead atoms. The first kappa shape index (κ1) is 12.0.